The van der Waals surface area contributed by atoms with Gasteiger partial charge in [0.05, 0.1) is 16.3 Å². The Morgan fingerprint density at radius 3 is 2.71 bits per heavy atom. The van der Waals surface area contributed by atoms with Crippen molar-refractivity contribution >= 4 is 62.8 Å². The van der Waals surface area contributed by atoms with E-state index in [1.54, 1.807) is 23.1 Å². The molecule has 0 aliphatic carbocycles. The van der Waals surface area contributed by atoms with Crippen LogP contribution in [0.2, 0.25) is 8.67 Å². The van der Waals surface area contributed by atoms with Crippen LogP contribution in [-0.4, -0.2) is 34.8 Å². The number of hydrogen-bond acceptors (Lipinski definition) is 6. The summed E-state index contributed by atoms with van der Waals surface area (Å²) in [6, 6.07) is 5.10. The Labute approximate surface area is 179 Å². The first-order valence-corrected chi connectivity index (χ1v) is 11.0. The lowest BCUT2D eigenvalue weighted by atomic mass is 9.96. The fourth-order valence-corrected chi connectivity index (χ4v) is 5.27. The number of amides is 2. The van der Waals surface area contributed by atoms with Crippen LogP contribution in [0, 0.1) is 5.92 Å². The molecule has 1 N–H and O–H groups in total. The Balaban J connectivity index is 1.34. The topological polar surface area (TPSA) is 75.4 Å². The highest BCUT2D eigenvalue weighted by atomic mass is 35.5. The summed E-state index contributed by atoms with van der Waals surface area (Å²) < 4.78 is 6.32. The van der Waals surface area contributed by atoms with Gasteiger partial charge in [0.2, 0.25) is 5.91 Å². The molecular weight excluding hydrogens is 441 g/mol. The van der Waals surface area contributed by atoms with Gasteiger partial charge in [-0.3, -0.25) is 9.59 Å². The highest BCUT2D eigenvalue weighted by molar-refractivity contribution is 7.20. The van der Waals surface area contributed by atoms with Gasteiger partial charge in [0.25, 0.3) is 5.91 Å². The predicted octanol–water partition coefficient (Wildman–Crippen LogP) is 5.26. The third kappa shape index (κ3) is 4.10. The van der Waals surface area contributed by atoms with E-state index in [2.05, 4.69) is 10.3 Å². The number of likely N-dealkylation sites (tertiary alicyclic amines) is 1. The second-order valence-corrected chi connectivity index (χ2v) is 9.45. The van der Waals surface area contributed by atoms with Gasteiger partial charge in [0.15, 0.2) is 10.9 Å². The summed E-state index contributed by atoms with van der Waals surface area (Å²) in [5.74, 6) is -0.0576. The summed E-state index contributed by atoms with van der Waals surface area (Å²) in [6.45, 7) is 1.04. The zero-order chi connectivity index (χ0) is 19.7. The second kappa shape index (κ2) is 8.24. The largest absolute Gasteiger partial charge is 0.459 e. The van der Waals surface area contributed by atoms with Crippen LogP contribution in [0.4, 0.5) is 5.13 Å². The van der Waals surface area contributed by atoms with E-state index >= 15 is 0 Å². The third-order valence-corrected chi connectivity index (χ3v) is 6.80. The average molecular weight is 456 g/mol. The molecule has 0 bridgehead atoms. The Hall–Kier alpha value is -1.87. The van der Waals surface area contributed by atoms with Gasteiger partial charge < -0.3 is 14.6 Å². The number of nitrogens with one attached hydrogen (secondary N) is 1. The number of nitrogens with zero attached hydrogens (tertiary/aromatic N) is 2. The van der Waals surface area contributed by atoms with Crippen LogP contribution in [0.15, 0.2) is 34.3 Å². The molecule has 2 amide bonds. The fraction of sp³-hybridized carbons (Fsp3) is 0.278. The zero-order valence-corrected chi connectivity index (χ0v) is 17.6. The minimum Gasteiger partial charge on any atom is -0.459 e. The molecule has 3 aromatic heterocycles. The highest BCUT2D eigenvalue weighted by Crippen LogP contribution is 2.39. The van der Waals surface area contributed by atoms with Crippen LogP contribution in [0.5, 0.6) is 0 Å². The van der Waals surface area contributed by atoms with E-state index in [1.807, 2.05) is 5.38 Å². The molecule has 0 saturated carbocycles. The standard InChI is InChI=1S/C18H15Cl2N3O3S2/c19-14-8-11(15(20)28-14)12-9-27-18(21-12)22-16(24)10-3-5-23(6-4-10)17(25)13-2-1-7-26-13/h1-2,7-10H,3-6H2,(H,21,22,24). The molecule has 0 spiro atoms. The molecule has 0 aromatic carbocycles. The van der Waals surface area contributed by atoms with Gasteiger partial charge >= 0.3 is 0 Å². The number of rotatable bonds is 4. The molecule has 146 valence electrons. The maximum absolute atomic E-state index is 12.6. The SMILES string of the molecule is O=C(Nc1nc(-c2cc(Cl)sc2Cl)cs1)C1CCN(C(=O)c2ccco2)CC1. The van der Waals surface area contributed by atoms with Crippen molar-refractivity contribution in [1.29, 1.82) is 0 Å². The van der Waals surface area contributed by atoms with Crippen molar-refractivity contribution in [3.8, 4) is 11.3 Å². The molecule has 4 heterocycles. The summed E-state index contributed by atoms with van der Waals surface area (Å²) in [5, 5.41) is 5.23. The van der Waals surface area contributed by atoms with Crippen molar-refractivity contribution in [2.75, 3.05) is 18.4 Å². The van der Waals surface area contributed by atoms with Crippen LogP contribution >= 0.6 is 45.9 Å². The number of furan rings is 1. The maximum Gasteiger partial charge on any atom is 0.289 e. The lowest BCUT2D eigenvalue weighted by Gasteiger charge is -2.30. The number of carbonyl (C=O) groups is 2. The van der Waals surface area contributed by atoms with Gasteiger partial charge in [0, 0.05) is 30.0 Å². The predicted molar refractivity (Wildman–Crippen MR) is 111 cm³/mol. The molecule has 0 radical (unpaired) electrons. The number of aromatic nitrogens is 1. The lowest BCUT2D eigenvalue weighted by molar-refractivity contribution is -0.121. The monoisotopic (exact) mass is 455 g/mol. The Morgan fingerprint density at radius 1 is 1.29 bits per heavy atom. The molecule has 4 rings (SSSR count). The lowest BCUT2D eigenvalue weighted by Crippen LogP contribution is -2.41. The van der Waals surface area contributed by atoms with Gasteiger partial charge in [-0.2, -0.15) is 0 Å². The van der Waals surface area contributed by atoms with Crippen LogP contribution in [0.1, 0.15) is 23.4 Å². The van der Waals surface area contributed by atoms with E-state index in [-0.39, 0.29) is 17.7 Å². The van der Waals surface area contributed by atoms with Gasteiger partial charge in [-0.15, -0.1) is 22.7 Å². The average Bonchev–Trinajstić information content (AvgIpc) is 3.43. The molecule has 6 nitrogen and oxygen atoms in total. The van der Waals surface area contributed by atoms with Crippen molar-refractivity contribution in [2.24, 2.45) is 5.92 Å². The fourth-order valence-electron chi connectivity index (χ4n) is 3.08. The summed E-state index contributed by atoms with van der Waals surface area (Å²) in [7, 11) is 0. The summed E-state index contributed by atoms with van der Waals surface area (Å²) in [4.78, 5) is 31.0. The minimum atomic E-state index is -0.160. The minimum absolute atomic E-state index is 0.0829. The van der Waals surface area contributed by atoms with Crippen LogP contribution in [0.25, 0.3) is 11.3 Å². The normalized spacial score (nSPS) is 15.0. The van der Waals surface area contributed by atoms with E-state index in [1.165, 1.54) is 28.9 Å². The molecule has 3 aromatic rings. The van der Waals surface area contributed by atoms with Crippen LogP contribution in [0.3, 0.4) is 0 Å². The highest BCUT2D eigenvalue weighted by Gasteiger charge is 2.29. The quantitative estimate of drug-likeness (QED) is 0.581. The number of thiophene rings is 1. The third-order valence-electron chi connectivity index (χ3n) is 4.55. The number of piperidine rings is 1. The molecule has 0 unspecified atom stereocenters. The molecule has 1 fully saturated rings. The maximum atomic E-state index is 12.6. The zero-order valence-electron chi connectivity index (χ0n) is 14.5. The molecular formula is C18H15Cl2N3O3S2. The van der Waals surface area contributed by atoms with E-state index in [0.29, 0.717) is 51.2 Å². The van der Waals surface area contributed by atoms with Gasteiger partial charge in [0.1, 0.15) is 4.34 Å². The Morgan fingerprint density at radius 2 is 2.07 bits per heavy atom. The van der Waals surface area contributed by atoms with Gasteiger partial charge in [-0.25, -0.2) is 4.98 Å². The molecule has 1 saturated heterocycles. The van der Waals surface area contributed by atoms with Crippen molar-refractivity contribution in [3.63, 3.8) is 0 Å². The van der Waals surface area contributed by atoms with Gasteiger partial charge in [-0.1, -0.05) is 23.2 Å². The first-order valence-electron chi connectivity index (χ1n) is 8.55. The van der Waals surface area contributed by atoms with Gasteiger partial charge in [-0.05, 0) is 31.0 Å². The number of halogens is 2. The Bertz CT molecular complexity index is 992. The number of hydrogen-bond donors (Lipinski definition) is 1. The molecule has 10 heteroatoms. The first kappa shape index (κ1) is 19.4. The van der Waals surface area contributed by atoms with Crippen molar-refractivity contribution in [1.82, 2.24) is 9.88 Å². The number of carbonyl (C=O) groups excluding carboxylic acids is 2. The molecule has 0 atom stereocenters. The number of thiazole rings is 1. The molecule has 1 aliphatic rings. The van der Waals surface area contributed by atoms with Crippen molar-refractivity contribution < 1.29 is 14.0 Å². The number of anilines is 1. The first-order chi connectivity index (χ1) is 13.5. The summed E-state index contributed by atoms with van der Waals surface area (Å²) >= 11 is 14.8. The molecule has 28 heavy (non-hydrogen) atoms. The summed E-state index contributed by atoms with van der Waals surface area (Å²) in [5.41, 5.74) is 1.45. The van der Waals surface area contributed by atoms with Crippen molar-refractivity contribution in [2.45, 2.75) is 12.8 Å². The van der Waals surface area contributed by atoms with E-state index < -0.39 is 0 Å². The summed E-state index contributed by atoms with van der Waals surface area (Å²) in [6.07, 6.45) is 2.68. The second-order valence-electron chi connectivity index (χ2n) is 6.31. The van der Waals surface area contributed by atoms with E-state index in [9.17, 15) is 9.59 Å². The van der Waals surface area contributed by atoms with E-state index in [0.717, 1.165) is 5.56 Å². The van der Waals surface area contributed by atoms with E-state index in [4.69, 9.17) is 27.6 Å². The smallest absolute Gasteiger partial charge is 0.289 e. The van der Waals surface area contributed by atoms with Crippen molar-refractivity contribution in [3.05, 3.63) is 44.3 Å². The van der Waals surface area contributed by atoms with Crippen LogP contribution in [-0.2, 0) is 4.79 Å². The Kier molecular flexibility index (Phi) is 5.73. The van der Waals surface area contributed by atoms with Crippen LogP contribution < -0.4 is 5.32 Å². The molecule has 1 aliphatic heterocycles.